The van der Waals surface area contributed by atoms with E-state index in [4.69, 9.17) is 5.53 Å². The van der Waals surface area contributed by atoms with E-state index in [2.05, 4.69) is 9.53 Å². The van der Waals surface area contributed by atoms with E-state index in [1.165, 1.54) is 6.92 Å². The van der Waals surface area contributed by atoms with E-state index in [9.17, 15) is 9.59 Å². The van der Waals surface area contributed by atoms with Crippen molar-refractivity contribution in [2.24, 2.45) is 5.92 Å². The Morgan fingerprint density at radius 3 is 2.67 bits per heavy atom. The summed E-state index contributed by atoms with van der Waals surface area (Å²) in [6.45, 7) is 3.27. The first-order chi connectivity index (χ1) is 5.63. The molecule has 0 amide bonds. The first-order valence-electron chi connectivity index (χ1n) is 3.51. The molecule has 0 heterocycles. The molecular weight excluding hydrogens is 160 g/mol. The van der Waals surface area contributed by atoms with E-state index in [0.29, 0.717) is 6.21 Å². The SMILES string of the molecule is CCOC(=O)C(C)C(=O)C=[N+]=[N-]. The Balaban J connectivity index is 4.18. The summed E-state index contributed by atoms with van der Waals surface area (Å²) in [7, 11) is 0. The number of carbonyl (C=O) groups excluding carboxylic acids is 2. The van der Waals surface area contributed by atoms with Gasteiger partial charge in [-0.05, 0) is 13.8 Å². The topological polar surface area (TPSA) is 79.8 Å². The van der Waals surface area contributed by atoms with Crippen molar-refractivity contribution in [2.45, 2.75) is 13.8 Å². The minimum absolute atomic E-state index is 0.229. The second kappa shape index (κ2) is 5.21. The molecule has 5 heteroatoms. The zero-order valence-corrected chi connectivity index (χ0v) is 6.98. The van der Waals surface area contributed by atoms with Crippen LogP contribution in [-0.2, 0) is 14.3 Å². The van der Waals surface area contributed by atoms with E-state index >= 15 is 0 Å². The molecule has 0 fully saturated rings. The predicted molar refractivity (Wildman–Crippen MR) is 40.5 cm³/mol. The largest absolute Gasteiger partial charge is 0.465 e. The van der Waals surface area contributed by atoms with Gasteiger partial charge >= 0.3 is 12.2 Å². The predicted octanol–water partition coefficient (Wildman–Crippen LogP) is 0.0553. The maximum Gasteiger partial charge on any atom is 0.324 e. The molecule has 0 aromatic rings. The van der Waals surface area contributed by atoms with Crippen molar-refractivity contribution in [1.29, 1.82) is 0 Å². The molecule has 0 saturated heterocycles. The molecule has 66 valence electrons. The molecule has 0 saturated carbocycles. The Bertz CT molecular complexity index is 231. The quantitative estimate of drug-likeness (QED) is 0.196. The Kier molecular flexibility index (Phi) is 4.57. The van der Waals surface area contributed by atoms with Crippen molar-refractivity contribution in [3.05, 3.63) is 5.53 Å². The van der Waals surface area contributed by atoms with Crippen LogP contribution in [0.25, 0.3) is 5.53 Å². The lowest BCUT2D eigenvalue weighted by atomic mass is 10.1. The number of esters is 1. The number of nitrogens with zero attached hydrogens (tertiary/aromatic N) is 2. The van der Waals surface area contributed by atoms with E-state index in [-0.39, 0.29) is 6.61 Å². The molecule has 0 bridgehead atoms. The summed E-state index contributed by atoms with van der Waals surface area (Å²) < 4.78 is 4.57. The maximum absolute atomic E-state index is 10.9. The standard InChI is InChI=1S/C7H10N2O3/c1-3-12-7(11)5(2)6(10)4-9-8/h4-5H,3H2,1-2H3. The fraction of sp³-hybridized carbons (Fsp3) is 0.571. The second-order valence-corrected chi connectivity index (χ2v) is 2.12. The Morgan fingerprint density at radius 2 is 2.25 bits per heavy atom. The molecule has 0 spiro atoms. The summed E-state index contributed by atoms with van der Waals surface area (Å²) in [4.78, 5) is 24.2. The molecule has 5 nitrogen and oxygen atoms in total. The molecule has 0 aromatic carbocycles. The van der Waals surface area contributed by atoms with Gasteiger partial charge in [0.15, 0.2) is 0 Å². The van der Waals surface area contributed by atoms with Crippen molar-refractivity contribution in [3.8, 4) is 0 Å². The van der Waals surface area contributed by atoms with Crippen molar-refractivity contribution >= 4 is 18.0 Å². The van der Waals surface area contributed by atoms with Crippen molar-refractivity contribution in [3.63, 3.8) is 0 Å². The number of rotatable bonds is 4. The van der Waals surface area contributed by atoms with Crippen LogP contribution in [0.3, 0.4) is 0 Å². The van der Waals surface area contributed by atoms with Gasteiger partial charge in [0.05, 0.1) is 6.61 Å². The van der Waals surface area contributed by atoms with Crippen LogP contribution in [0.4, 0.5) is 0 Å². The number of ketones is 1. The van der Waals surface area contributed by atoms with Gasteiger partial charge in [-0.2, -0.15) is 4.79 Å². The summed E-state index contributed by atoms with van der Waals surface area (Å²) in [6.07, 6.45) is 0.682. The van der Waals surface area contributed by atoms with E-state index in [1.807, 2.05) is 0 Å². The molecule has 0 aliphatic heterocycles. The van der Waals surface area contributed by atoms with Crippen LogP contribution in [0.1, 0.15) is 13.8 Å². The minimum atomic E-state index is -0.902. The zero-order valence-electron chi connectivity index (χ0n) is 6.98. The summed E-state index contributed by atoms with van der Waals surface area (Å²) >= 11 is 0. The number of ether oxygens (including phenoxy) is 1. The van der Waals surface area contributed by atoms with E-state index in [0.717, 1.165) is 0 Å². The van der Waals surface area contributed by atoms with Gasteiger partial charge in [0, 0.05) is 0 Å². The van der Waals surface area contributed by atoms with Crippen molar-refractivity contribution in [1.82, 2.24) is 0 Å². The Morgan fingerprint density at radius 1 is 1.67 bits per heavy atom. The average molecular weight is 170 g/mol. The third-order valence-corrected chi connectivity index (χ3v) is 1.25. The van der Waals surface area contributed by atoms with Crippen molar-refractivity contribution < 1.29 is 19.1 Å². The Labute approximate surface area is 69.9 Å². The molecule has 1 atom stereocenters. The van der Waals surface area contributed by atoms with Gasteiger partial charge in [-0.25, -0.2) is 0 Å². The molecule has 0 N–H and O–H groups in total. The summed E-state index contributed by atoms with van der Waals surface area (Å²) in [6, 6.07) is 0. The minimum Gasteiger partial charge on any atom is -0.465 e. The van der Waals surface area contributed by atoms with Crippen LogP contribution in [0.2, 0.25) is 0 Å². The van der Waals surface area contributed by atoms with Crippen LogP contribution in [-0.4, -0.2) is 29.4 Å². The zero-order chi connectivity index (χ0) is 9.56. The maximum atomic E-state index is 10.9. The van der Waals surface area contributed by atoms with Gasteiger partial charge < -0.3 is 10.3 Å². The normalized spacial score (nSPS) is 11.2. The number of hydrogen-bond donors (Lipinski definition) is 0. The van der Waals surface area contributed by atoms with Gasteiger partial charge in [-0.15, -0.1) is 0 Å². The highest BCUT2D eigenvalue weighted by atomic mass is 16.5. The van der Waals surface area contributed by atoms with E-state index < -0.39 is 17.7 Å². The van der Waals surface area contributed by atoms with Gasteiger partial charge in [0.25, 0.3) is 0 Å². The lowest BCUT2D eigenvalue weighted by Gasteiger charge is -2.03. The lowest BCUT2D eigenvalue weighted by molar-refractivity contribution is -0.150. The van der Waals surface area contributed by atoms with Gasteiger partial charge in [-0.1, -0.05) is 0 Å². The first-order valence-corrected chi connectivity index (χ1v) is 3.51. The van der Waals surface area contributed by atoms with Crippen LogP contribution in [0, 0.1) is 5.92 Å². The number of carbonyl (C=O) groups is 2. The van der Waals surface area contributed by atoms with Crippen LogP contribution >= 0.6 is 0 Å². The molecule has 0 aliphatic carbocycles. The van der Waals surface area contributed by atoms with Gasteiger partial charge in [0.2, 0.25) is 5.78 Å². The molecule has 0 aromatic heterocycles. The fourth-order valence-electron chi connectivity index (χ4n) is 0.552. The first kappa shape index (κ1) is 10.5. The van der Waals surface area contributed by atoms with Gasteiger partial charge in [0.1, 0.15) is 5.92 Å². The highest BCUT2D eigenvalue weighted by Gasteiger charge is 2.23. The lowest BCUT2D eigenvalue weighted by Crippen LogP contribution is -2.24. The molecule has 12 heavy (non-hydrogen) atoms. The molecule has 0 aliphatic rings. The van der Waals surface area contributed by atoms with Crippen LogP contribution in [0.15, 0.2) is 0 Å². The third kappa shape index (κ3) is 3.07. The van der Waals surface area contributed by atoms with Crippen molar-refractivity contribution in [2.75, 3.05) is 6.61 Å². The van der Waals surface area contributed by atoms with Crippen LogP contribution in [0.5, 0.6) is 0 Å². The monoisotopic (exact) mass is 170 g/mol. The summed E-state index contributed by atoms with van der Waals surface area (Å²) in [5, 5.41) is 0. The summed E-state index contributed by atoms with van der Waals surface area (Å²) in [5.74, 6) is -2.08. The Hall–Kier alpha value is -1.48. The number of Topliss-reactive ketones (excluding diaryl/α,β-unsaturated/α-hetero) is 1. The van der Waals surface area contributed by atoms with Gasteiger partial charge in [-0.3, -0.25) is 9.59 Å². The molecule has 1 unspecified atom stereocenters. The number of hydrogen-bond acceptors (Lipinski definition) is 3. The molecule has 0 rings (SSSR count). The van der Waals surface area contributed by atoms with E-state index in [1.54, 1.807) is 6.92 Å². The second-order valence-electron chi connectivity index (χ2n) is 2.12. The smallest absolute Gasteiger partial charge is 0.324 e. The van der Waals surface area contributed by atoms with Crippen LogP contribution < -0.4 is 0 Å². The summed E-state index contributed by atoms with van der Waals surface area (Å²) in [5.41, 5.74) is 7.99. The highest BCUT2D eigenvalue weighted by Crippen LogP contribution is 1.98. The average Bonchev–Trinajstić information content (AvgIpc) is 2.04. The third-order valence-electron chi connectivity index (χ3n) is 1.25. The highest BCUT2D eigenvalue weighted by molar-refractivity contribution is 6.30. The molecule has 0 radical (unpaired) electrons. The fourth-order valence-corrected chi connectivity index (χ4v) is 0.552. The molecular formula is C7H10N2O3.